The number of ether oxygens (including phenoxy) is 2. The van der Waals surface area contributed by atoms with Crippen LogP contribution < -0.4 is 18.9 Å². The summed E-state index contributed by atoms with van der Waals surface area (Å²) in [6.45, 7) is 25.1. The zero-order chi connectivity index (χ0) is 45.5. The van der Waals surface area contributed by atoms with Crippen LogP contribution in [-0.2, 0) is 22.9 Å². The van der Waals surface area contributed by atoms with E-state index in [1.165, 1.54) is 37.4 Å². The molecule has 0 bridgehead atoms. The number of aromatic carboxylic acids is 1. The van der Waals surface area contributed by atoms with Gasteiger partial charge in [0.1, 0.15) is 42.2 Å². The first-order valence-electron chi connectivity index (χ1n) is 20.8. The van der Waals surface area contributed by atoms with Gasteiger partial charge >= 0.3 is 24.8 Å². The van der Waals surface area contributed by atoms with Crippen molar-refractivity contribution in [1.82, 2.24) is 38.2 Å². The molecule has 19 heteroatoms. The van der Waals surface area contributed by atoms with E-state index in [2.05, 4.69) is 73.1 Å². The van der Waals surface area contributed by atoms with E-state index in [1.54, 1.807) is 47.7 Å². The Morgan fingerprint density at radius 1 is 0.677 bits per heavy atom. The summed E-state index contributed by atoms with van der Waals surface area (Å²) in [7, 11) is -2.45. The third-order valence-electron chi connectivity index (χ3n) is 9.95. The van der Waals surface area contributed by atoms with Crippen molar-refractivity contribution in [3.05, 3.63) is 96.6 Å². The number of nitrogens with zero attached hydrogens (tertiary/aromatic N) is 8. The molecule has 0 saturated heterocycles. The Labute approximate surface area is 397 Å². The zero-order valence-corrected chi connectivity index (χ0v) is 41.2. The standard InChI is InChI=1S/C23H31FN4O2Si.C22H29FN4O3Si.CH4.Li.H2O.H2/c1-16(2)28-14-25-21(18-7-9-19(24)10-8-18)22(28)23-26-20(17(3)29)13-27(23)15-30-11-12-31(4,5)6;1-15(2)27-13-24-19(16-6-8-17(23)9-7-16)20(27)21-25-18(22(28)29)12-26(21)14-30-10-11-31(3,4)5;;;;/h7-10,13-14,16H,11-12,15H2,1-6H3;6-9,12-13,15H,10-11,14H2,1-5H3,(H,28,29);1H4;;1H2;1H/q;;;+1;;/p-1/i;;;;;1+1. The predicted molar refractivity (Wildman–Crippen MR) is 254 cm³/mol. The Morgan fingerprint density at radius 3 is 1.35 bits per heavy atom. The number of benzene rings is 2. The van der Waals surface area contributed by atoms with Crippen molar-refractivity contribution < 1.29 is 58.7 Å². The largest absolute Gasteiger partial charge is 1.00 e. The molecule has 4 aromatic heterocycles. The molecular weight excluding hydrogens is 862 g/mol. The molecule has 0 atom stereocenters. The van der Waals surface area contributed by atoms with E-state index in [-0.39, 0.29) is 75.1 Å². The van der Waals surface area contributed by atoms with Crippen molar-refractivity contribution in [3.63, 3.8) is 0 Å². The summed E-state index contributed by atoms with van der Waals surface area (Å²) in [6, 6.07) is 14.5. The van der Waals surface area contributed by atoms with Crippen LogP contribution in [0.4, 0.5) is 8.78 Å². The minimum atomic E-state index is -1.25. The van der Waals surface area contributed by atoms with E-state index in [9.17, 15) is 23.5 Å². The summed E-state index contributed by atoms with van der Waals surface area (Å²) in [6.07, 6.45) is 6.68. The summed E-state index contributed by atoms with van der Waals surface area (Å²) in [4.78, 5) is 41.9. The summed E-state index contributed by atoms with van der Waals surface area (Å²) in [5, 5.41) is 9.52. The Hall–Kier alpha value is -4.81. The minimum Gasteiger partial charge on any atom is -0.870 e. The molecule has 14 nitrogen and oxygen atoms in total. The Morgan fingerprint density at radius 2 is 1.03 bits per heavy atom. The number of hydrogen-bond acceptors (Lipinski definition) is 9. The van der Waals surface area contributed by atoms with Gasteiger partial charge in [0.25, 0.3) is 0 Å². The maximum Gasteiger partial charge on any atom is 1.00 e. The SMILES string of the molecule is C.CC(=O)c1cn(COCC[Si](C)(C)C)c(-c2c(-c3ccc(F)cc3)ncn2C(C)C)n1.CC(C)n1cnc(-c2ccc(F)cc2)c1-c1nc(C(=O)O)cn1COCC[Si](C)(C)C.[2HH].[Li+].[OH-]. The summed E-state index contributed by atoms with van der Waals surface area (Å²) < 4.78 is 46.3. The van der Waals surface area contributed by atoms with Crippen LogP contribution in [-0.4, -0.2) is 89.9 Å². The molecule has 2 N–H and O–H groups in total. The van der Waals surface area contributed by atoms with Gasteiger partial charge in [0.15, 0.2) is 23.1 Å². The van der Waals surface area contributed by atoms with Gasteiger partial charge in [-0.25, -0.2) is 33.5 Å². The molecule has 0 radical (unpaired) electrons. The number of halogens is 2. The Bertz CT molecular complexity index is 2290. The van der Waals surface area contributed by atoms with Crippen molar-refractivity contribution in [1.29, 1.82) is 0 Å². The molecule has 0 saturated carbocycles. The average molecular weight is 930 g/mol. The van der Waals surface area contributed by atoms with Crippen LogP contribution in [0.3, 0.4) is 0 Å². The molecule has 0 spiro atoms. The van der Waals surface area contributed by atoms with E-state index < -0.39 is 22.1 Å². The second-order valence-corrected chi connectivity index (χ2v) is 29.5. The maximum atomic E-state index is 13.5. The van der Waals surface area contributed by atoms with Crippen molar-refractivity contribution in [2.45, 2.75) is 119 Å². The van der Waals surface area contributed by atoms with Crippen molar-refractivity contribution in [2.75, 3.05) is 13.2 Å². The van der Waals surface area contributed by atoms with Crippen LogP contribution in [0.2, 0.25) is 51.4 Å². The fourth-order valence-electron chi connectivity index (χ4n) is 6.35. The fraction of sp³-hybridized carbons (Fsp3) is 0.435. The van der Waals surface area contributed by atoms with Crippen molar-refractivity contribution in [3.8, 4) is 45.6 Å². The van der Waals surface area contributed by atoms with E-state index in [4.69, 9.17) is 9.47 Å². The third-order valence-corrected chi connectivity index (χ3v) is 13.4. The normalized spacial score (nSPS) is 11.4. The van der Waals surface area contributed by atoms with Crippen LogP contribution in [0.5, 0.6) is 0 Å². The molecule has 0 aliphatic rings. The van der Waals surface area contributed by atoms with E-state index in [0.29, 0.717) is 54.4 Å². The van der Waals surface area contributed by atoms with Gasteiger partial charge in [-0.2, -0.15) is 0 Å². The maximum absolute atomic E-state index is 13.5. The molecule has 65 heavy (non-hydrogen) atoms. The molecule has 4 heterocycles. The van der Waals surface area contributed by atoms with Crippen LogP contribution in [0, 0.1) is 11.6 Å². The van der Waals surface area contributed by atoms with E-state index in [1.807, 2.05) is 27.5 Å². The number of Topliss-reactive ketones (excluding diaryl/α,β-unsaturated/α-hetero) is 1. The van der Waals surface area contributed by atoms with Crippen LogP contribution in [0.25, 0.3) is 45.6 Å². The Kier molecular flexibility index (Phi) is 20.9. The smallest absolute Gasteiger partial charge is 0.870 e. The summed E-state index contributed by atoms with van der Waals surface area (Å²) in [5.74, 6) is -0.787. The third kappa shape index (κ3) is 15.1. The number of ketones is 1. The number of hydrogen-bond donors (Lipinski definition) is 1. The number of carboxylic acid groups (broad SMARTS) is 1. The number of carbonyl (C=O) groups is 2. The number of imidazole rings is 4. The molecule has 0 amide bonds. The quantitative estimate of drug-likeness (QED) is 0.0500. The molecule has 0 aliphatic carbocycles. The van der Waals surface area contributed by atoms with Crippen LogP contribution >= 0.6 is 0 Å². The van der Waals surface area contributed by atoms with E-state index >= 15 is 0 Å². The molecule has 0 unspecified atom stereocenters. The molecule has 2 aromatic carbocycles. The molecule has 0 fully saturated rings. The molecule has 6 rings (SSSR count). The van der Waals surface area contributed by atoms with E-state index in [0.717, 1.165) is 28.9 Å². The molecular formula is C46H67F2LiN8O6Si2. The first-order chi connectivity index (χ1) is 29.1. The number of aromatic nitrogens is 8. The second-order valence-electron chi connectivity index (χ2n) is 18.3. The number of carbonyl (C=O) groups excluding carboxylic acids is 1. The average Bonchev–Trinajstić information content (AvgIpc) is 4.00. The van der Waals surface area contributed by atoms with Crippen LogP contribution in [0.1, 0.15) is 76.5 Å². The fourth-order valence-corrected chi connectivity index (χ4v) is 7.86. The van der Waals surface area contributed by atoms with Gasteiger partial charge in [0, 0.05) is 73.3 Å². The monoisotopic (exact) mass is 929 g/mol. The van der Waals surface area contributed by atoms with Gasteiger partial charge in [-0.3, -0.25) is 4.79 Å². The van der Waals surface area contributed by atoms with Crippen LogP contribution in [0.15, 0.2) is 73.6 Å². The summed E-state index contributed by atoms with van der Waals surface area (Å²) >= 11 is 0. The van der Waals surface area contributed by atoms with Gasteiger partial charge in [-0.05, 0) is 88.3 Å². The molecule has 0 aliphatic heterocycles. The van der Waals surface area contributed by atoms with Gasteiger partial charge in [0.05, 0.1) is 24.0 Å². The molecule has 350 valence electrons. The predicted octanol–water partition coefficient (Wildman–Crippen LogP) is 8.50. The first kappa shape index (κ1) is 56.3. The van der Waals surface area contributed by atoms with Gasteiger partial charge in [-0.15, -0.1) is 0 Å². The zero-order valence-electron chi connectivity index (χ0n) is 39.2. The minimum absolute atomic E-state index is 0. The molecule has 6 aromatic rings. The second kappa shape index (κ2) is 24.1. The van der Waals surface area contributed by atoms with Crippen molar-refractivity contribution >= 4 is 27.9 Å². The Balaban J connectivity index is 0.000000622. The topological polar surface area (TPSA) is 174 Å². The number of carboxylic acids is 1. The first-order valence-corrected chi connectivity index (χ1v) is 28.2. The van der Waals surface area contributed by atoms with Crippen molar-refractivity contribution in [2.24, 2.45) is 0 Å². The van der Waals surface area contributed by atoms with Gasteiger partial charge < -0.3 is 38.3 Å². The van der Waals surface area contributed by atoms with Gasteiger partial charge in [-0.1, -0.05) is 46.7 Å². The van der Waals surface area contributed by atoms with Gasteiger partial charge in [0.2, 0.25) is 0 Å². The summed E-state index contributed by atoms with van der Waals surface area (Å²) in [5.41, 5.74) is 4.58. The number of rotatable bonds is 18.